The smallest absolute Gasteiger partial charge is 0.409 e. The Balaban J connectivity index is 0.000000280. The zero-order valence-electron chi connectivity index (χ0n) is 17.8. The molecule has 1 aromatic rings. The summed E-state index contributed by atoms with van der Waals surface area (Å²) < 4.78 is 4.94. The first-order valence-corrected chi connectivity index (χ1v) is 10.1. The number of rotatable bonds is 10. The molecule has 0 bridgehead atoms. The summed E-state index contributed by atoms with van der Waals surface area (Å²) in [6.45, 7) is 4.85. The summed E-state index contributed by atoms with van der Waals surface area (Å²) in [5.41, 5.74) is 1.24. The number of likely N-dealkylation sites (N-methyl/N-ethyl adjacent to an activating group) is 1. The SMILES string of the molecule is CB(O)N(C)CCCCCCC(C)=O.CN1C(=O)OC[C@@H]1Cc1ccccc1. The molecule has 0 unspecified atom stereocenters. The highest BCUT2D eigenvalue weighted by Gasteiger charge is 2.29. The quantitative estimate of drug-likeness (QED) is 0.491. The largest absolute Gasteiger partial charge is 0.447 e. The maximum Gasteiger partial charge on any atom is 0.409 e. The van der Waals surface area contributed by atoms with Crippen LogP contribution in [0.5, 0.6) is 0 Å². The van der Waals surface area contributed by atoms with E-state index >= 15 is 0 Å². The fraction of sp³-hybridized carbons (Fsp3) is 0.619. The third-order valence-electron chi connectivity index (χ3n) is 4.98. The Morgan fingerprint density at radius 1 is 1.25 bits per heavy atom. The third-order valence-corrected chi connectivity index (χ3v) is 4.98. The van der Waals surface area contributed by atoms with Gasteiger partial charge in [0.15, 0.2) is 0 Å². The van der Waals surface area contributed by atoms with Crippen LogP contribution in [0.2, 0.25) is 6.82 Å². The fourth-order valence-electron chi connectivity index (χ4n) is 2.89. The average Bonchev–Trinajstić information content (AvgIpc) is 2.97. The van der Waals surface area contributed by atoms with Crippen LogP contribution in [-0.2, 0) is 16.0 Å². The first-order chi connectivity index (χ1) is 13.3. The van der Waals surface area contributed by atoms with Gasteiger partial charge in [-0.15, -0.1) is 0 Å². The topological polar surface area (TPSA) is 70.1 Å². The van der Waals surface area contributed by atoms with Crippen LogP contribution in [0.3, 0.4) is 0 Å². The number of hydrogen-bond acceptors (Lipinski definition) is 5. The van der Waals surface area contributed by atoms with Crippen molar-refractivity contribution < 1.29 is 19.3 Å². The van der Waals surface area contributed by atoms with E-state index in [2.05, 4.69) is 12.1 Å². The van der Waals surface area contributed by atoms with Gasteiger partial charge in [-0.3, -0.25) is 0 Å². The first-order valence-electron chi connectivity index (χ1n) is 10.1. The van der Waals surface area contributed by atoms with Gasteiger partial charge in [0.1, 0.15) is 12.4 Å². The molecule has 0 saturated carbocycles. The lowest BCUT2D eigenvalue weighted by molar-refractivity contribution is -0.117. The molecule has 1 aromatic carbocycles. The van der Waals surface area contributed by atoms with Crippen LogP contribution in [0.1, 0.15) is 44.6 Å². The molecule has 0 radical (unpaired) electrons. The highest BCUT2D eigenvalue weighted by molar-refractivity contribution is 6.45. The van der Waals surface area contributed by atoms with Gasteiger partial charge in [-0.05, 0) is 52.2 Å². The van der Waals surface area contributed by atoms with Crippen LogP contribution >= 0.6 is 0 Å². The first kappa shape index (κ1) is 24.2. The highest BCUT2D eigenvalue weighted by atomic mass is 16.6. The van der Waals surface area contributed by atoms with Crippen molar-refractivity contribution >= 4 is 18.9 Å². The Labute approximate surface area is 170 Å². The molecule has 1 aliphatic heterocycles. The Morgan fingerprint density at radius 3 is 2.43 bits per heavy atom. The summed E-state index contributed by atoms with van der Waals surface area (Å²) in [5.74, 6) is 0.283. The van der Waals surface area contributed by atoms with Crippen molar-refractivity contribution in [1.29, 1.82) is 0 Å². The molecule has 6 nitrogen and oxygen atoms in total. The molecule has 1 saturated heterocycles. The lowest BCUT2D eigenvalue weighted by atomic mass is 9.85. The molecule has 0 aromatic heterocycles. The lowest BCUT2D eigenvalue weighted by Crippen LogP contribution is -2.33. The Kier molecular flexibility index (Phi) is 11.5. The van der Waals surface area contributed by atoms with E-state index in [-0.39, 0.29) is 25.0 Å². The average molecular weight is 390 g/mol. The van der Waals surface area contributed by atoms with Crippen molar-refractivity contribution in [2.45, 2.75) is 58.3 Å². The van der Waals surface area contributed by atoms with Crippen molar-refractivity contribution in [2.75, 3.05) is 27.2 Å². The van der Waals surface area contributed by atoms with E-state index in [4.69, 9.17) is 4.74 Å². The van der Waals surface area contributed by atoms with Crippen molar-refractivity contribution in [1.82, 2.24) is 9.71 Å². The number of amides is 1. The molecular formula is C21H35BN2O4. The van der Waals surface area contributed by atoms with E-state index in [0.29, 0.717) is 13.0 Å². The zero-order chi connectivity index (χ0) is 20.9. The number of nitrogens with zero attached hydrogens (tertiary/aromatic N) is 2. The van der Waals surface area contributed by atoms with Gasteiger partial charge in [0, 0.05) is 13.5 Å². The molecule has 0 aliphatic carbocycles. The number of benzene rings is 1. The lowest BCUT2D eigenvalue weighted by Gasteiger charge is -2.16. The Morgan fingerprint density at radius 2 is 1.89 bits per heavy atom. The summed E-state index contributed by atoms with van der Waals surface area (Å²) >= 11 is 0. The number of hydrogen-bond donors (Lipinski definition) is 1. The van der Waals surface area contributed by atoms with Gasteiger partial charge in [-0.25, -0.2) is 4.79 Å². The summed E-state index contributed by atoms with van der Waals surface area (Å²) in [6.07, 6.45) is 5.73. The van der Waals surface area contributed by atoms with Crippen LogP contribution in [0.4, 0.5) is 4.79 Å². The second-order valence-corrected chi connectivity index (χ2v) is 7.51. The number of carbonyl (C=O) groups is 2. The van der Waals surface area contributed by atoms with Gasteiger partial charge < -0.3 is 24.3 Å². The van der Waals surface area contributed by atoms with E-state index in [1.165, 1.54) is 5.56 Å². The van der Waals surface area contributed by atoms with Gasteiger partial charge in [-0.2, -0.15) is 0 Å². The molecule has 156 valence electrons. The van der Waals surface area contributed by atoms with Crippen LogP contribution in [0.25, 0.3) is 0 Å². The summed E-state index contributed by atoms with van der Waals surface area (Å²) in [5, 5.41) is 9.18. The standard InChI is InChI=1S/C11H13NO2.C10H22BNO2/c1-12-10(8-14-11(12)13)7-9-5-3-2-4-6-9;1-10(13)8-6-4-5-7-9-12(3)11(2)14/h2-6,10H,7-8H2,1H3;14H,4-9H2,1-3H3/t10-;/m0./s1. The van der Waals surface area contributed by atoms with Crippen LogP contribution in [0.15, 0.2) is 30.3 Å². The van der Waals surface area contributed by atoms with E-state index in [9.17, 15) is 14.6 Å². The predicted octanol–water partition coefficient (Wildman–Crippen LogP) is 3.25. The van der Waals surface area contributed by atoms with E-state index < -0.39 is 0 Å². The molecular weight excluding hydrogens is 355 g/mol. The summed E-state index contributed by atoms with van der Waals surface area (Å²) in [4.78, 5) is 25.3. The monoisotopic (exact) mass is 390 g/mol. The minimum absolute atomic E-state index is 0.185. The van der Waals surface area contributed by atoms with Crippen molar-refractivity contribution in [3.8, 4) is 0 Å². The number of unbranched alkanes of at least 4 members (excludes halogenated alkanes) is 3. The number of Topliss-reactive ketones (excluding diaryl/α,β-unsaturated/α-hetero) is 1. The van der Waals surface area contributed by atoms with Crippen LogP contribution in [0, 0.1) is 0 Å². The van der Waals surface area contributed by atoms with Crippen LogP contribution in [-0.4, -0.2) is 67.0 Å². The minimum Gasteiger partial charge on any atom is -0.447 e. The second-order valence-electron chi connectivity index (χ2n) is 7.51. The molecule has 0 spiro atoms. The maximum atomic E-state index is 11.1. The molecule has 1 heterocycles. The Hall–Kier alpha value is -1.86. The number of carbonyl (C=O) groups excluding carboxylic acids is 2. The van der Waals surface area contributed by atoms with Gasteiger partial charge in [0.05, 0.1) is 6.04 Å². The highest BCUT2D eigenvalue weighted by Crippen LogP contribution is 2.14. The second kappa shape index (κ2) is 13.3. The predicted molar refractivity (Wildman–Crippen MR) is 113 cm³/mol. The van der Waals surface area contributed by atoms with Gasteiger partial charge in [-0.1, -0.05) is 43.2 Å². The minimum atomic E-state index is -0.354. The van der Waals surface area contributed by atoms with Crippen molar-refractivity contribution in [2.24, 2.45) is 0 Å². The molecule has 1 atom stereocenters. The van der Waals surface area contributed by atoms with E-state index in [1.807, 2.05) is 30.1 Å². The van der Waals surface area contributed by atoms with Gasteiger partial charge in [0.2, 0.25) is 0 Å². The van der Waals surface area contributed by atoms with E-state index in [0.717, 1.165) is 38.6 Å². The van der Waals surface area contributed by atoms with E-state index in [1.54, 1.807) is 25.7 Å². The van der Waals surface area contributed by atoms with Crippen molar-refractivity contribution in [3.05, 3.63) is 35.9 Å². The van der Waals surface area contributed by atoms with Crippen molar-refractivity contribution in [3.63, 3.8) is 0 Å². The molecule has 7 heteroatoms. The molecule has 1 N–H and O–H groups in total. The normalized spacial score (nSPS) is 15.9. The molecule has 1 aliphatic rings. The fourth-order valence-corrected chi connectivity index (χ4v) is 2.89. The van der Waals surface area contributed by atoms with Gasteiger partial charge >= 0.3 is 13.1 Å². The summed E-state index contributed by atoms with van der Waals surface area (Å²) in [7, 11) is 3.34. The number of cyclic esters (lactones) is 1. The summed E-state index contributed by atoms with van der Waals surface area (Å²) in [6, 6.07) is 10.3. The zero-order valence-corrected chi connectivity index (χ0v) is 17.8. The number of ether oxygens (including phenoxy) is 1. The molecule has 1 amide bonds. The third kappa shape index (κ3) is 9.90. The number of ketones is 1. The molecule has 2 rings (SSSR count). The Bertz CT molecular complexity index is 583. The van der Waals surface area contributed by atoms with Gasteiger partial charge in [0.25, 0.3) is 0 Å². The maximum absolute atomic E-state index is 11.1. The molecule has 28 heavy (non-hydrogen) atoms. The molecule has 1 fully saturated rings. The van der Waals surface area contributed by atoms with Crippen LogP contribution < -0.4 is 0 Å².